The maximum absolute atomic E-state index is 12.4. The van der Waals surface area contributed by atoms with Crippen molar-refractivity contribution in [2.24, 2.45) is 17.1 Å². The molecule has 0 radical (unpaired) electrons. The van der Waals surface area contributed by atoms with E-state index in [1.807, 2.05) is 0 Å². The van der Waals surface area contributed by atoms with Crippen LogP contribution in [0.25, 0.3) is 0 Å². The lowest BCUT2D eigenvalue weighted by Gasteiger charge is -2.34. The molecule has 1 aliphatic carbocycles. The van der Waals surface area contributed by atoms with Crippen LogP contribution in [-0.4, -0.2) is 44.9 Å². The molecule has 2 rings (SSSR count). The molecule has 0 aromatic carbocycles. The second kappa shape index (κ2) is 9.71. The number of rotatable bonds is 6. The van der Waals surface area contributed by atoms with Crippen LogP contribution in [0.15, 0.2) is 0 Å². The van der Waals surface area contributed by atoms with Crippen molar-refractivity contribution in [3.8, 4) is 0 Å². The summed E-state index contributed by atoms with van der Waals surface area (Å²) in [7, 11) is 0. The van der Waals surface area contributed by atoms with E-state index in [2.05, 4.69) is 12.2 Å². The molecule has 0 spiro atoms. The summed E-state index contributed by atoms with van der Waals surface area (Å²) in [6.45, 7) is 5.07. The molecule has 2 fully saturated rings. The van der Waals surface area contributed by atoms with Gasteiger partial charge in [-0.1, -0.05) is 19.8 Å². The van der Waals surface area contributed by atoms with Crippen molar-refractivity contribution in [2.75, 3.05) is 32.9 Å². The number of hydrogen-bond donors (Lipinski definition) is 2. The Morgan fingerprint density at radius 3 is 2.64 bits per heavy atom. The van der Waals surface area contributed by atoms with Gasteiger partial charge in [0, 0.05) is 26.3 Å². The van der Waals surface area contributed by atoms with Gasteiger partial charge in [0.15, 0.2) is 0 Å². The van der Waals surface area contributed by atoms with E-state index in [-0.39, 0.29) is 18.3 Å². The second-order valence-electron chi connectivity index (χ2n) is 6.52. The smallest absolute Gasteiger partial charge is 0.227 e. The Hall–Kier alpha value is -0.360. The Balaban J connectivity index is 0.00000242. The zero-order valence-electron chi connectivity index (χ0n) is 13.6. The van der Waals surface area contributed by atoms with Crippen LogP contribution in [0.2, 0.25) is 0 Å². The number of halogens is 1. The SMILES string of the molecule is CC1CCCCC1OCCNC(=O)C1(CN)CCOCC1.Cl. The number of nitrogens with two attached hydrogens (primary N) is 1. The molecule has 1 saturated heterocycles. The number of nitrogens with one attached hydrogen (secondary N) is 1. The minimum Gasteiger partial charge on any atom is -0.381 e. The van der Waals surface area contributed by atoms with Crippen LogP contribution in [0.3, 0.4) is 0 Å². The normalized spacial score (nSPS) is 27.7. The molecule has 6 heteroatoms. The van der Waals surface area contributed by atoms with Gasteiger partial charge in [-0.2, -0.15) is 0 Å². The van der Waals surface area contributed by atoms with Crippen molar-refractivity contribution >= 4 is 18.3 Å². The predicted octanol–water partition coefficient (Wildman–Crippen LogP) is 1.88. The zero-order chi connectivity index (χ0) is 15.1. The van der Waals surface area contributed by atoms with Crippen molar-refractivity contribution in [1.82, 2.24) is 5.32 Å². The van der Waals surface area contributed by atoms with Crippen molar-refractivity contribution in [3.63, 3.8) is 0 Å². The third-order valence-corrected chi connectivity index (χ3v) is 5.07. The molecule has 1 heterocycles. The molecular weight excluding hydrogens is 304 g/mol. The molecule has 0 aromatic heterocycles. The molecule has 0 aromatic rings. The highest BCUT2D eigenvalue weighted by atomic mass is 35.5. The van der Waals surface area contributed by atoms with Crippen molar-refractivity contribution < 1.29 is 14.3 Å². The van der Waals surface area contributed by atoms with Crippen LogP contribution in [0.5, 0.6) is 0 Å². The summed E-state index contributed by atoms with van der Waals surface area (Å²) in [5, 5.41) is 3.00. The van der Waals surface area contributed by atoms with Gasteiger partial charge in [0.05, 0.1) is 18.1 Å². The van der Waals surface area contributed by atoms with E-state index < -0.39 is 5.41 Å². The Labute approximate surface area is 140 Å². The fraction of sp³-hybridized carbons (Fsp3) is 0.938. The van der Waals surface area contributed by atoms with Crippen molar-refractivity contribution in [2.45, 2.75) is 51.6 Å². The summed E-state index contributed by atoms with van der Waals surface area (Å²) >= 11 is 0. The molecule has 130 valence electrons. The van der Waals surface area contributed by atoms with Crippen LogP contribution in [0, 0.1) is 11.3 Å². The minimum atomic E-state index is -0.434. The molecule has 22 heavy (non-hydrogen) atoms. The number of amides is 1. The summed E-state index contributed by atoms with van der Waals surface area (Å²) in [5.41, 5.74) is 5.40. The highest BCUT2D eigenvalue weighted by molar-refractivity contribution is 5.85. The molecule has 3 N–H and O–H groups in total. The number of carbonyl (C=O) groups excluding carboxylic acids is 1. The maximum Gasteiger partial charge on any atom is 0.227 e. The lowest BCUT2D eigenvalue weighted by molar-refractivity contribution is -0.136. The largest absolute Gasteiger partial charge is 0.381 e. The van der Waals surface area contributed by atoms with E-state index in [1.165, 1.54) is 19.3 Å². The topological polar surface area (TPSA) is 73.6 Å². The molecule has 2 atom stereocenters. The van der Waals surface area contributed by atoms with Crippen LogP contribution >= 0.6 is 12.4 Å². The van der Waals surface area contributed by atoms with Gasteiger partial charge in [-0.15, -0.1) is 12.4 Å². The molecule has 1 saturated carbocycles. The lowest BCUT2D eigenvalue weighted by atomic mass is 9.79. The standard InChI is InChI=1S/C16H30N2O3.ClH/c1-13-4-2-3-5-14(13)21-11-8-18-15(19)16(12-17)6-9-20-10-7-16;/h13-14H,2-12,17H2,1H3,(H,18,19);1H. The Bertz CT molecular complexity index is 335. The van der Waals surface area contributed by atoms with Gasteiger partial charge >= 0.3 is 0 Å². The van der Waals surface area contributed by atoms with E-state index in [0.29, 0.717) is 44.9 Å². The molecule has 2 unspecified atom stereocenters. The third kappa shape index (κ3) is 5.08. The van der Waals surface area contributed by atoms with Gasteiger partial charge in [-0.05, 0) is 31.6 Å². The quantitative estimate of drug-likeness (QED) is 0.727. The van der Waals surface area contributed by atoms with Crippen molar-refractivity contribution in [1.29, 1.82) is 0 Å². The van der Waals surface area contributed by atoms with Gasteiger partial charge in [-0.3, -0.25) is 4.79 Å². The first kappa shape index (κ1) is 19.7. The summed E-state index contributed by atoms with van der Waals surface area (Å²) in [6.07, 6.45) is 6.79. The maximum atomic E-state index is 12.4. The first-order valence-corrected chi connectivity index (χ1v) is 8.36. The van der Waals surface area contributed by atoms with Gasteiger partial charge < -0.3 is 20.5 Å². The fourth-order valence-electron chi connectivity index (χ4n) is 3.38. The fourth-order valence-corrected chi connectivity index (χ4v) is 3.38. The van der Waals surface area contributed by atoms with Gasteiger partial charge in [-0.25, -0.2) is 0 Å². The Morgan fingerprint density at radius 1 is 1.32 bits per heavy atom. The zero-order valence-corrected chi connectivity index (χ0v) is 14.5. The summed E-state index contributed by atoms with van der Waals surface area (Å²) in [5.74, 6) is 0.703. The van der Waals surface area contributed by atoms with E-state index in [4.69, 9.17) is 15.2 Å². The molecular formula is C16H31ClN2O3. The molecule has 2 aliphatic rings. The van der Waals surface area contributed by atoms with E-state index >= 15 is 0 Å². The molecule has 0 bridgehead atoms. The van der Waals surface area contributed by atoms with Gasteiger partial charge in [0.2, 0.25) is 5.91 Å². The minimum absolute atomic E-state index is 0. The first-order valence-electron chi connectivity index (χ1n) is 8.36. The monoisotopic (exact) mass is 334 g/mol. The molecule has 5 nitrogen and oxygen atoms in total. The van der Waals surface area contributed by atoms with Crippen LogP contribution in [0.4, 0.5) is 0 Å². The lowest BCUT2D eigenvalue weighted by Crippen LogP contribution is -2.49. The Kier molecular flexibility index (Phi) is 8.69. The van der Waals surface area contributed by atoms with Gasteiger partial charge in [0.1, 0.15) is 0 Å². The van der Waals surface area contributed by atoms with Crippen LogP contribution in [-0.2, 0) is 14.3 Å². The number of hydrogen-bond acceptors (Lipinski definition) is 4. The number of ether oxygens (including phenoxy) is 2. The van der Waals surface area contributed by atoms with Gasteiger partial charge in [0.25, 0.3) is 0 Å². The van der Waals surface area contributed by atoms with Crippen LogP contribution in [0.1, 0.15) is 45.4 Å². The first-order chi connectivity index (χ1) is 10.2. The summed E-state index contributed by atoms with van der Waals surface area (Å²) < 4.78 is 11.3. The number of carbonyl (C=O) groups is 1. The van der Waals surface area contributed by atoms with E-state index in [0.717, 1.165) is 19.3 Å². The Morgan fingerprint density at radius 2 is 2.00 bits per heavy atom. The highest BCUT2D eigenvalue weighted by Gasteiger charge is 2.38. The summed E-state index contributed by atoms with van der Waals surface area (Å²) in [6, 6.07) is 0. The molecule has 1 aliphatic heterocycles. The third-order valence-electron chi connectivity index (χ3n) is 5.07. The van der Waals surface area contributed by atoms with E-state index in [1.54, 1.807) is 0 Å². The predicted molar refractivity (Wildman–Crippen MR) is 89.2 cm³/mol. The summed E-state index contributed by atoms with van der Waals surface area (Å²) in [4.78, 5) is 12.4. The average molecular weight is 335 g/mol. The second-order valence-corrected chi connectivity index (χ2v) is 6.52. The molecule has 1 amide bonds. The van der Waals surface area contributed by atoms with E-state index in [9.17, 15) is 4.79 Å². The van der Waals surface area contributed by atoms with Crippen molar-refractivity contribution in [3.05, 3.63) is 0 Å². The van der Waals surface area contributed by atoms with Crippen LogP contribution < -0.4 is 11.1 Å². The average Bonchev–Trinajstić information content (AvgIpc) is 2.53. The highest BCUT2D eigenvalue weighted by Crippen LogP contribution is 2.29.